The van der Waals surface area contributed by atoms with Crippen molar-refractivity contribution in [3.63, 3.8) is 0 Å². The van der Waals surface area contributed by atoms with Gasteiger partial charge in [0.05, 0.1) is 5.60 Å². The van der Waals surface area contributed by atoms with Crippen LogP contribution in [0.4, 0.5) is 0 Å². The summed E-state index contributed by atoms with van der Waals surface area (Å²) in [6, 6.07) is 0.485. The Kier molecular flexibility index (Phi) is 4.36. The lowest BCUT2D eigenvalue weighted by atomic mass is 10.2. The summed E-state index contributed by atoms with van der Waals surface area (Å²) in [7, 11) is 0. The third kappa shape index (κ3) is 4.97. The maximum absolute atomic E-state index is 12.0. The fraction of sp³-hybridized carbons (Fsp3) is 0.923. The van der Waals surface area contributed by atoms with Crippen molar-refractivity contribution in [3.8, 4) is 0 Å². The first-order valence-electron chi connectivity index (χ1n) is 6.23. The van der Waals surface area contributed by atoms with Crippen molar-refractivity contribution in [2.75, 3.05) is 13.2 Å². The standard InChI is InChI=1S/C13H25NO2/c1-10(2)8-14(11-6-7-11)12(15)9-16-13(3,4)5/h10-11H,6-9H2,1-5H3. The summed E-state index contributed by atoms with van der Waals surface area (Å²) in [4.78, 5) is 14.0. The number of rotatable bonds is 5. The van der Waals surface area contributed by atoms with Crippen LogP contribution in [-0.2, 0) is 9.53 Å². The molecule has 0 unspecified atom stereocenters. The number of amides is 1. The predicted molar refractivity (Wildman–Crippen MR) is 65.3 cm³/mol. The van der Waals surface area contributed by atoms with E-state index in [0.29, 0.717) is 12.0 Å². The third-order valence-electron chi connectivity index (χ3n) is 2.50. The molecule has 0 aliphatic heterocycles. The summed E-state index contributed by atoms with van der Waals surface area (Å²) >= 11 is 0. The molecular weight excluding hydrogens is 202 g/mol. The van der Waals surface area contributed by atoms with E-state index in [9.17, 15) is 4.79 Å². The Balaban J connectivity index is 2.41. The van der Waals surface area contributed by atoms with Crippen molar-refractivity contribution in [2.45, 2.75) is 59.1 Å². The topological polar surface area (TPSA) is 29.5 Å². The summed E-state index contributed by atoms with van der Waals surface area (Å²) in [6.07, 6.45) is 2.32. The molecule has 0 bridgehead atoms. The number of carbonyl (C=O) groups excluding carboxylic acids is 1. The maximum Gasteiger partial charge on any atom is 0.248 e. The van der Waals surface area contributed by atoms with Gasteiger partial charge >= 0.3 is 0 Å². The van der Waals surface area contributed by atoms with E-state index in [0.717, 1.165) is 19.4 Å². The highest BCUT2D eigenvalue weighted by Gasteiger charge is 2.33. The predicted octanol–water partition coefficient (Wildman–Crippen LogP) is 2.45. The van der Waals surface area contributed by atoms with E-state index in [4.69, 9.17) is 4.74 Å². The number of hydrogen-bond donors (Lipinski definition) is 0. The van der Waals surface area contributed by atoms with E-state index in [1.807, 2.05) is 25.7 Å². The van der Waals surface area contributed by atoms with E-state index in [1.165, 1.54) is 0 Å². The second kappa shape index (κ2) is 5.17. The summed E-state index contributed by atoms with van der Waals surface area (Å²) in [5.74, 6) is 0.672. The molecule has 16 heavy (non-hydrogen) atoms. The zero-order valence-electron chi connectivity index (χ0n) is 11.2. The van der Waals surface area contributed by atoms with Gasteiger partial charge in [-0.2, -0.15) is 0 Å². The molecule has 1 fully saturated rings. The fourth-order valence-corrected chi connectivity index (χ4v) is 1.60. The molecule has 1 saturated carbocycles. The summed E-state index contributed by atoms with van der Waals surface area (Å²) in [5.41, 5.74) is -0.233. The molecule has 0 aromatic rings. The van der Waals surface area contributed by atoms with Crippen LogP contribution in [0.3, 0.4) is 0 Å². The van der Waals surface area contributed by atoms with Crippen LogP contribution in [0.5, 0.6) is 0 Å². The summed E-state index contributed by atoms with van der Waals surface area (Å²) < 4.78 is 5.54. The van der Waals surface area contributed by atoms with E-state index < -0.39 is 0 Å². The zero-order valence-corrected chi connectivity index (χ0v) is 11.2. The van der Waals surface area contributed by atoms with E-state index in [-0.39, 0.29) is 18.1 Å². The highest BCUT2D eigenvalue weighted by atomic mass is 16.5. The van der Waals surface area contributed by atoms with Gasteiger partial charge in [-0.25, -0.2) is 0 Å². The summed E-state index contributed by atoms with van der Waals surface area (Å²) in [6.45, 7) is 11.3. The van der Waals surface area contributed by atoms with Gasteiger partial charge in [-0.3, -0.25) is 4.79 Å². The lowest BCUT2D eigenvalue weighted by Gasteiger charge is -2.26. The van der Waals surface area contributed by atoms with Gasteiger partial charge in [-0.05, 0) is 39.5 Å². The molecule has 0 heterocycles. The quantitative estimate of drug-likeness (QED) is 0.722. The van der Waals surface area contributed by atoms with Crippen molar-refractivity contribution < 1.29 is 9.53 Å². The lowest BCUT2D eigenvalue weighted by molar-refractivity contribution is -0.142. The molecule has 0 spiro atoms. The van der Waals surface area contributed by atoms with Crippen LogP contribution in [0.1, 0.15) is 47.5 Å². The second-order valence-corrected chi connectivity index (χ2v) is 6.07. The van der Waals surface area contributed by atoms with Crippen molar-refractivity contribution in [1.82, 2.24) is 4.90 Å². The normalized spacial score (nSPS) is 16.6. The van der Waals surface area contributed by atoms with Gasteiger partial charge in [0, 0.05) is 12.6 Å². The third-order valence-corrected chi connectivity index (χ3v) is 2.50. The number of nitrogens with zero attached hydrogens (tertiary/aromatic N) is 1. The molecule has 94 valence electrons. The minimum Gasteiger partial charge on any atom is -0.366 e. The number of carbonyl (C=O) groups is 1. The number of ether oxygens (including phenoxy) is 1. The van der Waals surface area contributed by atoms with Crippen LogP contribution >= 0.6 is 0 Å². The fourth-order valence-electron chi connectivity index (χ4n) is 1.60. The molecule has 0 N–H and O–H groups in total. The Hall–Kier alpha value is -0.570. The molecule has 1 aliphatic carbocycles. The largest absolute Gasteiger partial charge is 0.366 e. The second-order valence-electron chi connectivity index (χ2n) is 6.07. The van der Waals surface area contributed by atoms with Crippen LogP contribution in [0.15, 0.2) is 0 Å². The van der Waals surface area contributed by atoms with Gasteiger partial charge in [-0.1, -0.05) is 13.8 Å². The van der Waals surface area contributed by atoms with Gasteiger partial charge in [0.1, 0.15) is 6.61 Å². The first-order chi connectivity index (χ1) is 7.29. The Labute approximate surface area is 99.1 Å². The summed E-state index contributed by atoms with van der Waals surface area (Å²) in [5, 5.41) is 0. The Bertz CT molecular complexity index is 239. The average molecular weight is 227 g/mol. The molecule has 1 aliphatic rings. The van der Waals surface area contributed by atoms with Crippen LogP contribution in [0, 0.1) is 5.92 Å². The minimum absolute atomic E-state index is 0.145. The zero-order chi connectivity index (χ0) is 12.3. The van der Waals surface area contributed by atoms with E-state index in [2.05, 4.69) is 13.8 Å². The highest BCUT2D eigenvalue weighted by Crippen LogP contribution is 2.27. The van der Waals surface area contributed by atoms with Gasteiger partial charge in [-0.15, -0.1) is 0 Å². The first kappa shape index (κ1) is 13.5. The molecule has 0 aromatic heterocycles. The van der Waals surface area contributed by atoms with E-state index in [1.54, 1.807) is 0 Å². The van der Waals surface area contributed by atoms with Gasteiger partial charge in [0.15, 0.2) is 0 Å². The van der Waals surface area contributed by atoms with Gasteiger partial charge in [0.2, 0.25) is 5.91 Å². The molecule has 0 aromatic carbocycles. The van der Waals surface area contributed by atoms with Crippen molar-refractivity contribution >= 4 is 5.91 Å². The van der Waals surface area contributed by atoms with Crippen LogP contribution in [0.25, 0.3) is 0 Å². The monoisotopic (exact) mass is 227 g/mol. The van der Waals surface area contributed by atoms with Crippen LogP contribution in [0.2, 0.25) is 0 Å². The van der Waals surface area contributed by atoms with Gasteiger partial charge < -0.3 is 9.64 Å². The number of hydrogen-bond acceptors (Lipinski definition) is 2. The molecule has 1 amide bonds. The van der Waals surface area contributed by atoms with Crippen LogP contribution < -0.4 is 0 Å². The van der Waals surface area contributed by atoms with E-state index >= 15 is 0 Å². The molecule has 3 nitrogen and oxygen atoms in total. The Morgan fingerprint density at radius 2 is 1.94 bits per heavy atom. The van der Waals surface area contributed by atoms with Crippen molar-refractivity contribution in [1.29, 1.82) is 0 Å². The van der Waals surface area contributed by atoms with Gasteiger partial charge in [0.25, 0.3) is 0 Å². The molecule has 1 rings (SSSR count). The first-order valence-corrected chi connectivity index (χ1v) is 6.23. The van der Waals surface area contributed by atoms with Crippen molar-refractivity contribution in [3.05, 3.63) is 0 Å². The molecular formula is C13H25NO2. The highest BCUT2D eigenvalue weighted by molar-refractivity contribution is 5.78. The smallest absolute Gasteiger partial charge is 0.248 e. The maximum atomic E-state index is 12.0. The molecule has 0 radical (unpaired) electrons. The molecule has 0 saturated heterocycles. The van der Waals surface area contributed by atoms with Crippen LogP contribution in [-0.4, -0.2) is 35.6 Å². The molecule has 3 heteroatoms. The Morgan fingerprint density at radius 1 is 1.38 bits per heavy atom. The lowest BCUT2D eigenvalue weighted by Crippen LogP contribution is -2.40. The average Bonchev–Trinajstić information content (AvgIpc) is 2.92. The molecule has 0 atom stereocenters. The minimum atomic E-state index is -0.233. The SMILES string of the molecule is CC(C)CN(C(=O)COC(C)(C)C)C1CC1. The van der Waals surface area contributed by atoms with Crippen molar-refractivity contribution in [2.24, 2.45) is 5.92 Å². The Morgan fingerprint density at radius 3 is 2.31 bits per heavy atom.